The summed E-state index contributed by atoms with van der Waals surface area (Å²) in [5.74, 6) is 0. The van der Waals surface area contributed by atoms with Crippen molar-refractivity contribution in [2.45, 2.75) is 23.5 Å². The summed E-state index contributed by atoms with van der Waals surface area (Å²) < 4.78 is 37.3. The quantitative estimate of drug-likeness (QED) is 0.800. The molecule has 5 nitrogen and oxygen atoms in total. The number of rotatable bonds is 6. The Hall–Kier alpha value is 0.01000. The van der Waals surface area contributed by atoms with E-state index in [1.165, 1.54) is 14.2 Å². The number of halogens is 1. The van der Waals surface area contributed by atoms with Crippen molar-refractivity contribution in [2.75, 3.05) is 14.2 Å². The highest BCUT2D eigenvalue weighted by Gasteiger charge is 2.25. The first-order valence-corrected chi connectivity index (χ1v) is 7.89. The van der Waals surface area contributed by atoms with E-state index in [0.717, 1.165) is 11.3 Å². The molecular weight excluding hydrogens is 330 g/mol. The van der Waals surface area contributed by atoms with Gasteiger partial charge in [0, 0.05) is 18.7 Å². The first-order chi connectivity index (χ1) is 7.92. The van der Waals surface area contributed by atoms with Gasteiger partial charge in [-0.25, -0.2) is 13.1 Å². The zero-order chi connectivity index (χ0) is 13.1. The van der Waals surface area contributed by atoms with Gasteiger partial charge in [-0.2, -0.15) is 0 Å². The van der Waals surface area contributed by atoms with E-state index in [2.05, 4.69) is 20.7 Å². The maximum Gasteiger partial charge on any atom is 0.251 e. The molecule has 0 radical (unpaired) electrons. The lowest BCUT2D eigenvalue weighted by Gasteiger charge is -2.21. The van der Waals surface area contributed by atoms with Crippen LogP contribution in [-0.2, 0) is 19.5 Å². The number of nitrogens with one attached hydrogen (secondary N) is 1. The molecule has 8 heteroatoms. The minimum Gasteiger partial charge on any atom is -0.354 e. The normalized spacial score (nSPS) is 14.2. The zero-order valence-corrected chi connectivity index (χ0v) is 12.9. The van der Waals surface area contributed by atoms with Crippen molar-refractivity contribution in [2.24, 2.45) is 0 Å². The molecule has 1 aromatic heterocycles. The molecule has 17 heavy (non-hydrogen) atoms. The van der Waals surface area contributed by atoms with Crippen molar-refractivity contribution in [3.05, 3.63) is 15.9 Å². The van der Waals surface area contributed by atoms with Crippen LogP contribution < -0.4 is 4.72 Å². The third-order valence-electron chi connectivity index (χ3n) is 2.04. The fraction of sp³-hybridized carbons (Fsp3) is 0.556. The Balaban J connectivity index is 2.84. The van der Waals surface area contributed by atoms with Crippen molar-refractivity contribution in [3.8, 4) is 0 Å². The molecule has 0 saturated carbocycles. The number of sulfonamides is 1. The molecule has 1 aromatic rings. The summed E-state index contributed by atoms with van der Waals surface area (Å²) in [6.45, 7) is 1.68. The van der Waals surface area contributed by atoms with Crippen LogP contribution in [0.15, 0.2) is 20.1 Å². The van der Waals surface area contributed by atoms with Crippen LogP contribution in [0, 0.1) is 0 Å². The molecule has 98 valence electrons. The van der Waals surface area contributed by atoms with Gasteiger partial charge in [-0.3, -0.25) is 0 Å². The van der Waals surface area contributed by atoms with Crippen LogP contribution in [0.3, 0.4) is 0 Å². The average molecular weight is 344 g/mol. The lowest BCUT2D eigenvalue weighted by atomic mass is 10.3. The van der Waals surface area contributed by atoms with E-state index in [0.29, 0.717) is 4.47 Å². The molecule has 0 aromatic carbocycles. The van der Waals surface area contributed by atoms with E-state index < -0.39 is 22.4 Å². The Morgan fingerprint density at radius 2 is 2.00 bits per heavy atom. The van der Waals surface area contributed by atoms with Crippen LogP contribution >= 0.6 is 27.3 Å². The van der Waals surface area contributed by atoms with E-state index in [4.69, 9.17) is 9.47 Å². The van der Waals surface area contributed by atoms with Gasteiger partial charge >= 0.3 is 0 Å². The van der Waals surface area contributed by atoms with Crippen molar-refractivity contribution < 1.29 is 17.9 Å². The Morgan fingerprint density at radius 3 is 2.41 bits per heavy atom. The van der Waals surface area contributed by atoms with Gasteiger partial charge in [-0.05, 0) is 34.3 Å². The second kappa shape index (κ2) is 6.26. The minimum absolute atomic E-state index is 0.246. The van der Waals surface area contributed by atoms with E-state index >= 15 is 0 Å². The summed E-state index contributed by atoms with van der Waals surface area (Å²) >= 11 is 4.34. The van der Waals surface area contributed by atoms with Crippen molar-refractivity contribution >= 4 is 37.3 Å². The van der Waals surface area contributed by atoms with Crippen LogP contribution in [0.25, 0.3) is 0 Å². The van der Waals surface area contributed by atoms with Gasteiger partial charge in [0.05, 0.1) is 6.04 Å². The summed E-state index contributed by atoms with van der Waals surface area (Å²) in [5, 5.41) is 1.70. The lowest BCUT2D eigenvalue weighted by molar-refractivity contribution is -0.115. The van der Waals surface area contributed by atoms with E-state index in [9.17, 15) is 8.42 Å². The topological polar surface area (TPSA) is 64.6 Å². The highest BCUT2D eigenvalue weighted by atomic mass is 79.9. The molecule has 0 aliphatic rings. The fourth-order valence-corrected chi connectivity index (χ4v) is 4.92. The first-order valence-electron chi connectivity index (χ1n) is 4.73. The fourth-order valence-electron chi connectivity index (χ4n) is 1.33. The lowest BCUT2D eigenvalue weighted by Crippen LogP contribution is -2.42. The largest absolute Gasteiger partial charge is 0.354 e. The van der Waals surface area contributed by atoms with Gasteiger partial charge in [-0.1, -0.05) is 0 Å². The van der Waals surface area contributed by atoms with Crippen LogP contribution in [0.5, 0.6) is 0 Å². The predicted octanol–water partition coefficient (Wildman–Crippen LogP) is 1.80. The van der Waals surface area contributed by atoms with Crippen LogP contribution in [0.1, 0.15) is 6.92 Å². The second-order valence-corrected chi connectivity index (χ2v) is 6.99. The first kappa shape index (κ1) is 15.1. The van der Waals surface area contributed by atoms with Gasteiger partial charge in [0.25, 0.3) is 10.0 Å². The Labute approximate surface area is 113 Å². The summed E-state index contributed by atoms with van der Waals surface area (Å²) in [6.07, 6.45) is -0.622. The molecule has 0 saturated heterocycles. The molecule has 0 fully saturated rings. The van der Waals surface area contributed by atoms with Gasteiger partial charge in [-0.15, -0.1) is 11.3 Å². The number of hydrogen-bond donors (Lipinski definition) is 1. The van der Waals surface area contributed by atoms with Crippen molar-refractivity contribution in [1.82, 2.24) is 4.72 Å². The molecule has 1 N–H and O–H groups in total. The Kier molecular flexibility index (Phi) is 5.55. The molecule has 0 amide bonds. The summed E-state index contributed by atoms with van der Waals surface area (Å²) in [5.41, 5.74) is 0. The SMILES string of the molecule is COC(OC)C(C)NS(=O)(=O)c1sccc1Br. The average Bonchev–Trinajstić information content (AvgIpc) is 2.66. The number of ether oxygens (including phenoxy) is 2. The standard InChI is InChI=1S/C9H14BrNO4S2/c1-6(8(14-2)15-3)11-17(12,13)9-7(10)4-5-16-9/h4-6,8,11H,1-3H3. The Morgan fingerprint density at radius 1 is 1.41 bits per heavy atom. The molecule has 1 atom stereocenters. The molecule has 0 aliphatic carbocycles. The molecule has 0 aliphatic heterocycles. The van der Waals surface area contributed by atoms with Crippen LogP contribution in [0.2, 0.25) is 0 Å². The smallest absolute Gasteiger partial charge is 0.251 e. The predicted molar refractivity (Wildman–Crippen MR) is 69.6 cm³/mol. The highest BCUT2D eigenvalue weighted by molar-refractivity contribution is 9.10. The maximum atomic E-state index is 12.0. The number of thiophene rings is 1. The van der Waals surface area contributed by atoms with Crippen LogP contribution in [-0.4, -0.2) is 35.0 Å². The molecule has 0 bridgehead atoms. The summed E-state index contributed by atoms with van der Waals surface area (Å²) in [4.78, 5) is 0. The molecule has 1 heterocycles. The van der Waals surface area contributed by atoms with Crippen molar-refractivity contribution in [3.63, 3.8) is 0 Å². The van der Waals surface area contributed by atoms with Gasteiger partial charge < -0.3 is 9.47 Å². The zero-order valence-electron chi connectivity index (χ0n) is 9.64. The summed E-state index contributed by atoms with van der Waals surface area (Å²) in [6, 6.07) is 1.21. The van der Waals surface area contributed by atoms with E-state index in [1.54, 1.807) is 18.4 Å². The van der Waals surface area contributed by atoms with E-state index in [1.807, 2.05) is 0 Å². The second-order valence-electron chi connectivity index (χ2n) is 3.31. The van der Waals surface area contributed by atoms with Crippen LogP contribution in [0.4, 0.5) is 0 Å². The molecular formula is C9H14BrNO4S2. The van der Waals surface area contributed by atoms with Gasteiger partial charge in [0.15, 0.2) is 6.29 Å². The minimum atomic E-state index is -3.55. The monoisotopic (exact) mass is 343 g/mol. The Bertz CT molecular complexity index is 455. The maximum absolute atomic E-state index is 12.0. The number of hydrogen-bond acceptors (Lipinski definition) is 5. The van der Waals surface area contributed by atoms with Gasteiger partial charge in [0.2, 0.25) is 0 Å². The van der Waals surface area contributed by atoms with E-state index in [-0.39, 0.29) is 4.21 Å². The van der Waals surface area contributed by atoms with Crippen molar-refractivity contribution in [1.29, 1.82) is 0 Å². The van der Waals surface area contributed by atoms with Gasteiger partial charge in [0.1, 0.15) is 4.21 Å². The highest BCUT2D eigenvalue weighted by Crippen LogP contribution is 2.27. The number of methoxy groups -OCH3 is 2. The molecule has 1 unspecified atom stereocenters. The third-order valence-corrected chi connectivity index (χ3v) is 6.27. The summed E-state index contributed by atoms with van der Waals surface area (Å²) in [7, 11) is -0.634. The third kappa shape index (κ3) is 3.73. The molecule has 0 spiro atoms. The molecule has 1 rings (SSSR count).